The molecular formula is C25H27N3O3. The zero-order valence-corrected chi connectivity index (χ0v) is 18.5. The van der Waals surface area contributed by atoms with Crippen molar-refractivity contribution >= 4 is 17.1 Å². The molecule has 3 rings (SSSR count). The van der Waals surface area contributed by atoms with Crippen LogP contribution in [-0.2, 0) is 10.8 Å². The normalized spacial score (nSPS) is 12.3. The SMILES string of the molecule is CC(C)(C)c1cc(C(C)(C)c2ccccc2)cc(N=Nc2ccccc2[N+](=O)[O-])c1O. The van der Waals surface area contributed by atoms with Gasteiger partial charge in [-0.05, 0) is 28.7 Å². The van der Waals surface area contributed by atoms with Gasteiger partial charge in [0.05, 0.1) is 4.92 Å². The monoisotopic (exact) mass is 417 g/mol. The van der Waals surface area contributed by atoms with Gasteiger partial charge in [-0.2, -0.15) is 0 Å². The van der Waals surface area contributed by atoms with E-state index >= 15 is 0 Å². The summed E-state index contributed by atoms with van der Waals surface area (Å²) in [6.45, 7) is 10.3. The third kappa shape index (κ3) is 4.63. The van der Waals surface area contributed by atoms with E-state index in [1.807, 2.05) is 45.0 Å². The molecule has 0 bridgehead atoms. The van der Waals surface area contributed by atoms with Gasteiger partial charge in [0.15, 0.2) is 5.69 Å². The molecule has 0 aliphatic rings. The number of nitro benzene ring substituents is 1. The first-order valence-corrected chi connectivity index (χ1v) is 10.1. The molecule has 3 aromatic carbocycles. The number of hydrogen-bond acceptors (Lipinski definition) is 5. The Morgan fingerprint density at radius 3 is 2.00 bits per heavy atom. The lowest BCUT2D eigenvalue weighted by Gasteiger charge is -2.29. The minimum atomic E-state index is -0.496. The van der Waals surface area contributed by atoms with Gasteiger partial charge in [-0.1, -0.05) is 83.1 Å². The fourth-order valence-electron chi connectivity index (χ4n) is 3.46. The first kappa shape index (κ1) is 22.2. The summed E-state index contributed by atoms with van der Waals surface area (Å²) in [7, 11) is 0. The number of benzene rings is 3. The van der Waals surface area contributed by atoms with E-state index in [-0.39, 0.29) is 33.6 Å². The van der Waals surface area contributed by atoms with Crippen molar-refractivity contribution in [3.8, 4) is 5.75 Å². The lowest BCUT2D eigenvalue weighted by Crippen LogP contribution is -2.21. The van der Waals surface area contributed by atoms with E-state index in [0.717, 1.165) is 16.7 Å². The number of hydrogen-bond donors (Lipinski definition) is 1. The van der Waals surface area contributed by atoms with E-state index in [9.17, 15) is 15.2 Å². The Kier molecular flexibility index (Phi) is 5.93. The Morgan fingerprint density at radius 1 is 0.806 bits per heavy atom. The van der Waals surface area contributed by atoms with Gasteiger partial charge in [0.2, 0.25) is 0 Å². The van der Waals surface area contributed by atoms with Crippen LogP contribution in [0, 0.1) is 10.1 Å². The second-order valence-electron chi connectivity index (χ2n) is 9.08. The van der Waals surface area contributed by atoms with Crippen molar-refractivity contribution in [2.75, 3.05) is 0 Å². The maximum atomic E-state index is 11.3. The fraction of sp³-hybridized carbons (Fsp3) is 0.280. The van der Waals surface area contributed by atoms with E-state index in [1.54, 1.807) is 18.2 Å². The van der Waals surface area contributed by atoms with Crippen molar-refractivity contribution in [3.63, 3.8) is 0 Å². The molecule has 1 N–H and O–H groups in total. The summed E-state index contributed by atoms with van der Waals surface area (Å²) in [5, 5.41) is 30.6. The number of aromatic hydroxyl groups is 1. The van der Waals surface area contributed by atoms with E-state index in [1.165, 1.54) is 12.1 Å². The van der Waals surface area contributed by atoms with Crippen molar-refractivity contribution in [1.82, 2.24) is 0 Å². The second-order valence-corrected chi connectivity index (χ2v) is 9.08. The Balaban J connectivity index is 2.17. The summed E-state index contributed by atoms with van der Waals surface area (Å²) < 4.78 is 0. The molecule has 0 aromatic heterocycles. The average Bonchev–Trinajstić information content (AvgIpc) is 2.72. The third-order valence-electron chi connectivity index (χ3n) is 5.46. The van der Waals surface area contributed by atoms with Crippen molar-refractivity contribution in [2.45, 2.75) is 45.4 Å². The number of nitrogens with zero attached hydrogens (tertiary/aromatic N) is 3. The Bertz CT molecular complexity index is 1130. The number of phenols is 1. The molecule has 0 unspecified atom stereocenters. The predicted molar refractivity (Wildman–Crippen MR) is 123 cm³/mol. The van der Waals surface area contributed by atoms with Crippen molar-refractivity contribution < 1.29 is 10.0 Å². The number of para-hydroxylation sites is 1. The summed E-state index contributed by atoms with van der Waals surface area (Å²) in [4.78, 5) is 10.8. The van der Waals surface area contributed by atoms with Crippen molar-refractivity contribution in [2.24, 2.45) is 10.2 Å². The molecule has 3 aromatic rings. The molecule has 31 heavy (non-hydrogen) atoms. The van der Waals surface area contributed by atoms with Crippen molar-refractivity contribution in [3.05, 3.63) is 93.5 Å². The van der Waals surface area contributed by atoms with Crippen molar-refractivity contribution in [1.29, 1.82) is 0 Å². The maximum Gasteiger partial charge on any atom is 0.296 e. The highest BCUT2D eigenvalue weighted by Crippen LogP contribution is 2.44. The first-order chi connectivity index (χ1) is 14.5. The highest BCUT2D eigenvalue weighted by atomic mass is 16.6. The van der Waals surface area contributed by atoms with Gasteiger partial charge in [-0.3, -0.25) is 10.1 Å². The van der Waals surface area contributed by atoms with Gasteiger partial charge in [0.1, 0.15) is 11.4 Å². The standard InChI is InChI=1S/C25H27N3O3/c1-24(2,3)19-15-18(25(4,5)17-11-7-6-8-12-17)16-21(23(19)29)27-26-20-13-9-10-14-22(20)28(30)31/h6-16,29H,1-5H3. The minimum absolute atomic E-state index is 0.0300. The predicted octanol–water partition coefficient (Wildman–Crippen LogP) is 7.34. The van der Waals surface area contributed by atoms with Gasteiger partial charge in [-0.15, -0.1) is 10.2 Å². The van der Waals surface area contributed by atoms with E-state index in [0.29, 0.717) is 0 Å². The molecule has 0 amide bonds. The smallest absolute Gasteiger partial charge is 0.296 e. The highest BCUT2D eigenvalue weighted by molar-refractivity contribution is 5.62. The average molecular weight is 418 g/mol. The molecular weight excluding hydrogens is 390 g/mol. The van der Waals surface area contributed by atoms with Crippen LogP contribution >= 0.6 is 0 Å². The number of nitro groups is 1. The van der Waals surface area contributed by atoms with Crippen LogP contribution < -0.4 is 0 Å². The molecule has 160 valence electrons. The molecule has 0 heterocycles. The molecule has 0 saturated carbocycles. The summed E-state index contributed by atoms with van der Waals surface area (Å²) in [6.07, 6.45) is 0. The highest BCUT2D eigenvalue weighted by Gasteiger charge is 2.28. The van der Waals surface area contributed by atoms with Gasteiger partial charge >= 0.3 is 0 Å². The van der Waals surface area contributed by atoms with Crippen LogP contribution in [0.2, 0.25) is 0 Å². The van der Waals surface area contributed by atoms with Crippen LogP contribution in [0.5, 0.6) is 5.75 Å². The molecule has 0 aliphatic heterocycles. The number of azo groups is 1. The first-order valence-electron chi connectivity index (χ1n) is 10.1. The van der Waals surface area contributed by atoms with Gasteiger partial charge in [-0.25, -0.2) is 0 Å². The van der Waals surface area contributed by atoms with E-state index in [2.05, 4.69) is 36.2 Å². The summed E-state index contributed by atoms with van der Waals surface area (Å²) in [5.74, 6) is 0.0300. The zero-order chi connectivity index (χ0) is 22.8. The third-order valence-corrected chi connectivity index (χ3v) is 5.46. The van der Waals surface area contributed by atoms with Gasteiger partial charge < -0.3 is 5.11 Å². The fourth-order valence-corrected chi connectivity index (χ4v) is 3.46. The van der Waals surface area contributed by atoms with E-state index in [4.69, 9.17) is 0 Å². The largest absolute Gasteiger partial charge is 0.505 e. The minimum Gasteiger partial charge on any atom is -0.505 e. The lowest BCUT2D eigenvalue weighted by molar-refractivity contribution is -0.384. The lowest BCUT2D eigenvalue weighted by atomic mass is 9.75. The van der Waals surface area contributed by atoms with Gasteiger partial charge in [0.25, 0.3) is 5.69 Å². The molecule has 0 spiro atoms. The van der Waals surface area contributed by atoms with E-state index < -0.39 is 4.92 Å². The molecule has 0 aliphatic carbocycles. The quantitative estimate of drug-likeness (QED) is 0.267. The summed E-state index contributed by atoms with van der Waals surface area (Å²) in [5.41, 5.74) is 2.43. The van der Waals surface area contributed by atoms with Crippen LogP contribution in [0.3, 0.4) is 0 Å². The zero-order valence-electron chi connectivity index (χ0n) is 18.5. The molecule has 6 nitrogen and oxygen atoms in total. The second kappa shape index (κ2) is 8.30. The Hall–Kier alpha value is -3.54. The molecule has 0 fully saturated rings. The van der Waals surface area contributed by atoms with Crippen LogP contribution in [0.1, 0.15) is 51.3 Å². The summed E-state index contributed by atoms with van der Waals surface area (Å²) >= 11 is 0. The Morgan fingerprint density at radius 2 is 1.39 bits per heavy atom. The molecule has 0 atom stereocenters. The molecule has 0 radical (unpaired) electrons. The van der Waals surface area contributed by atoms with Crippen LogP contribution in [0.25, 0.3) is 0 Å². The number of phenolic OH excluding ortho intramolecular Hbond substituents is 1. The Labute approximate surface area is 182 Å². The topological polar surface area (TPSA) is 88.1 Å². The molecule has 6 heteroatoms. The number of rotatable bonds is 5. The van der Waals surface area contributed by atoms with Gasteiger partial charge in [0, 0.05) is 17.0 Å². The van der Waals surface area contributed by atoms with Crippen LogP contribution in [-0.4, -0.2) is 10.0 Å². The maximum absolute atomic E-state index is 11.3. The van der Waals surface area contributed by atoms with Crippen LogP contribution in [0.15, 0.2) is 77.0 Å². The summed E-state index contributed by atoms with van der Waals surface area (Å²) in [6, 6.07) is 20.1. The molecule has 0 saturated heterocycles. The van der Waals surface area contributed by atoms with Crippen LogP contribution in [0.4, 0.5) is 17.1 Å².